The second-order valence-electron chi connectivity index (χ2n) is 4.38. The van der Waals surface area contributed by atoms with Crippen LogP contribution in [-0.2, 0) is 0 Å². The van der Waals surface area contributed by atoms with Crippen LogP contribution < -0.4 is 0 Å². The van der Waals surface area contributed by atoms with Crippen LogP contribution in [0.15, 0.2) is 24.3 Å². The fourth-order valence-corrected chi connectivity index (χ4v) is 5.01. The van der Waals surface area contributed by atoms with Gasteiger partial charge in [0.15, 0.2) is 0 Å². The molecule has 1 heterocycles. The van der Waals surface area contributed by atoms with Crippen molar-refractivity contribution in [2.24, 2.45) is 0 Å². The summed E-state index contributed by atoms with van der Waals surface area (Å²) in [5.74, 6) is 0. The van der Waals surface area contributed by atoms with Crippen LogP contribution in [0.2, 0.25) is 0 Å². The molecule has 0 bridgehead atoms. The van der Waals surface area contributed by atoms with Gasteiger partial charge >= 0.3 is 0 Å². The number of aliphatic hydroxyl groups excluding tert-OH is 1. The Labute approximate surface area is 103 Å². The van der Waals surface area contributed by atoms with Gasteiger partial charge in [-0.2, -0.15) is 5.26 Å². The Morgan fingerprint density at radius 2 is 1.94 bits per heavy atom. The molecule has 1 N–H and O–H groups in total. The third kappa shape index (κ3) is 2.08. The highest BCUT2D eigenvalue weighted by Crippen LogP contribution is 2.57. The summed E-state index contributed by atoms with van der Waals surface area (Å²) < 4.78 is -0.108. The van der Waals surface area contributed by atoms with Gasteiger partial charge in [-0.25, -0.2) is 0 Å². The lowest BCUT2D eigenvalue weighted by molar-refractivity contribution is 0.143. The summed E-state index contributed by atoms with van der Waals surface area (Å²) in [4.78, 5) is 0. The number of aliphatic hydroxyl groups is 1. The molecule has 0 aromatic heterocycles. The summed E-state index contributed by atoms with van der Waals surface area (Å²) in [5.41, 5.74) is 1.75. The van der Waals surface area contributed by atoms with E-state index in [-0.39, 0.29) is 16.1 Å². The molecule has 0 amide bonds. The lowest BCUT2D eigenvalue weighted by atomic mass is 9.97. The van der Waals surface area contributed by atoms with E-state index in [1.165, 1.54) is 0 Å². The second-order valence-corrected chi connectivity index (χ2v) is 7.38. The monoisotopic (exact) mass is 251 g/mol. The van der Waals surface area contributed by atoms with E-state index in [1.807, 2.05) is 12.1 Å². The van der Waals surface area contributed by atoms with E-state index in [1.54, 1.807) is 33.7 Å². The van der Waals surface area contributed by atoms with Crippen molar-refractivity contribution in [1.82, 2.24) is 0 Å². The standard InChI is InChI=1S/C12H13NOS2/c1-12(2)11(14)10(15-16-12)9-5-3-8(7-13)4-6-9/h3-6,10-11,14H,1-2H3. The smallest absolute Gasteiger partial charge is 0.0991 e. The molecule has 4 heteroatoms. The highest BCUT2D eigenvalue weighted by atomic mass is 33.1. The van der Waals surface area contributed by atoms with Gasteiger partial charge in [-0.15, -0.1) is 0 Å². The lowest BCUT2D eigenvalue weighted by Gasteiger charge is -2.23. The Balaban J connectivity index is 2.23. The average molecular weight is 251 g/mol. The quantitative estimate of drug-likeness (QED) is 0.779. The summed E-state index contributed by atoms with van der Waals surface area (Å²) in [6.07, 6.45) is -0.351. The topological polar surface area (TPSA) is 44.0 Å². The number of rotatable bonds is 1. The van der Waals surface area contributed by atoms with E-state index in [2.05, 4.69) is 19.9 Å². The summed E-state index contributed by atoms with van der Waals surface area (Å²) in [7, 11) is 3.43. The van der Waals surface area contributed by atoms with Gasteiger partial charge in [-0.3, -0.25) is 0 Å². The third-order valence-electron chi connectivity index (χ3n) is 2.73. The molecule has 0 saturated carbocycles. The Bertz CT molecular complexity index is 422. The van der Waals surface area contributed by atoms with Crippen molar-refractivity contribution < 1.29 is 5.11 Å². The van der Waals surface area contributed by atoms with Gasteiger partial charge in [-0.05, 0) is 31.5 Å². The summed E-state index contributed by atoms with van der Waals surface area (Å²) in [5, 5.41) is 19.0. The molecular formula is C12H13NOS2. The van der Waals surface area contributed by atoms with Crippen molar-refractivity contribution in [3.05, 3.63) is 35.4 Å². The fraction of sp³-hybridized carbons (Fsp3) is 0.417. The number of nitrogens with zero attached hydrogens (tertiary/aromatic N) is 1. The van der Waals surface area contributed by atoms with Gasteiger partial charge in [-0.1, -0.05) is 33.7 Å². The highest BCUT2D eigenvalue weighted by Gasteiger charge is 2.43. The minimum atomic E-state index is -0.351. The molecule has 0 radical (unpaired) electrons. The van der Waals surface area contributed by atoms with Crippen LogP contribution in [-0.4, -0.2) is 16.0 Å². The molecule has 2 atom stereocenters. The van der Waals surface area contributed by atoms with Crippen LogP contribution in [0.1, 0.15) is 30.2 Å². The molecule has 0 aliphatic carbocycles. The molecule has 1 fully saturated rings. The van der Waals surface area contributed by atoms with Gasteiger partial charge in [0.1, 0.15) is 0 Å². The van der Waals surface area contributed by atoms with Crippen LogP contribution in [0.4, 0.5) is 0 Å². The lowest BCUT2D eigenvalue weighted by Crippen LogP contribution is -2.31. The Morgan fingerprint density at radius 3 is 2.38 bits per heavy atom. The molecule has 1 aliphatic heterocycles. The zero-order valence-electron chi connectivity index (χ0n) is 9.18. The summed E-state index contributed by atoms with van der Waals surface area (Å²) >= 11 is 0. The van der Waals surface area contributed by atoms with Crippen molar-refractivity contribution in [2.45, 2.75) is 29.9 Å². The Kier molecular flexibility index (Phi) is 3.20. The zero-order chi connectivity index (χ0) is 11.8. The largest absolute Gasteiger partial charge is 0.390 e. The number of benzene rings is 1. The second kappa shape index (κ2) is 4.33. The predicted octanol–water partition coefficient (Wildman–Crippen LogP) is 3.13. The van der Waals surface area contributed by atoms with Crippen molar-refractivity contribution in [3.63, 3.8) is 0 Å². The third-order valence-corrected chi connectivity index (χ3v) is 6.44. The van der Waals surface area contributed by atoms with E-state index in [0.717, 1.165) is 5.56 Å². The van der Waals surface area contributed by atoms with Crippen LogP contribution in [0.5, 0.6) is 0 Å². The zero-order valence-corrected chi connectivity index (χ0v) is 10.8. The molecule has 0 spiro atoms. The van der Waals surface area contributed by atoms with Crippen molar-refractivity contribution in [2.75, 3.05) is 0 Å². The van der Waals surface area contributed by atoms with E-state index in [4.69, 9.17) is 5.26 Å². The van der Waals surface area contributed by atoms with Crippen LogP contribution in [0.3, 0.4) is 0 Å². The van der Waals surface area contributed by atoms with Gasteiger partial charge in [0.05, 0.1) is 23.0 Å². The molecular weight excluding hydrogens is 238 g/mol. The average Bonchev–Trinajstić information content (AvgIpc) is 2.55. The molecule has 1 aromatic carbocycles. The first kappa shape index (κ1) is 11.8. The Hall–Kier alpha value is -0.630. The molecule has 84 valence electrons. The van der Waals surface area contributed by atoms with E-state index in [9.17, 15) is 5.11 Å². The van der Waals surface area contributed by atoms with Crippen LogP contribution in [0.25, 0.3) is 0 Å². The van der Waals surface area contributed by atoms with Crippen LogP contribution in [0, 0.1) is 11.3 Å². The highest BCUT2D eigenvalue weighted by molar-refractivity contribution is 8.77. The van der Waals surface area contributed by atoms with Crippen molar-refractivity contribution in [3.8, 4) is 6.07 Å². The molecule has 1 saturated heterocycles. The SMILES string of the molecule is CC1(C)SSC(c2ccc(C#N)cc2)C1O. The van der Waals surface area contributed by atoms with E-state index >= 15 is 0 Å². The molecule has 2 unspecified atom stereocenters. The maximum atomic E-state index is 10.2. The number of hydrogen-bond donors (Lipinski definition) is 1. The normalized spacial score (nSPS) is 27.6. The van der Waals surface area contributed by atoms with Crippen LogP contribution >= 0.6 is 21.6 Å². The summed E-state index contributed by atoms with van der Waals surface area (Å²) in [6.45, 7) is 4.11. The van der Waals surface area contributed by atoms with Gasteiger partial charge < -0.3 is 5.11 Å². The maximum Gasteiger partial charge on any atom is 0.0991 e. The van der Waals surface area contributed by atoms with E-state index < -0.39 is 0 Å². The molecule has 1 aromatic rings. The first-order valence-corrected chi connectivity index (χ1v) is 7.28. The summed E-state index contributed by atoms with van der Waals surface area (Å²) in [6, 6.07) is 9.57. The number of nitriles is 1. The van der Waals surface area contributed by atoms with Crippen molar-refractivity contribution in [1.29, 1.82) is 5.26 Å². The minimum Gasteiger partial charge on any atom is -0.390 e. The first-order chi connectivity index (χ1) is 7.54. The van der Waals surface area contributed by atoms with E-state index in [0.29, 0.717) is 5.56 Å². The fourth-order valence-electron chi connectivity index (χ4n) is 1.63. The predicted molar refractivity (Wildman–Crippen MR) is 69.2 cm³/mol. The maximum absolute atomic E-state index is 10.2. The minimum absolute atomic E-state index is 0.104. The van der Waals surface area contributed by atoms with Gasteiger partial charge in [0.25, 0.3) is 0 Å². The van der Waals surface area contributed by atoms with Crippen molar-refractivity contribution >= 4 is 21.6 Å². The number of hydrogen-bond acceptors (Lipinski definition) is 4. The molecule has 2 rings (SSSR count). The Morgan fingerprint density at radius 1 is 1.31 bits per heavy atom. The molecule has 1 aliphatic rings. The molecule has 16 heavy (non-hydrogen) atoms. The van der Waals surface area contributed by atoms with Gasteiger partial charge in [0, 0.05) is 4.75 Å². The first-order valence-electron chi connectivity index (χ1n) is 5.07. The molecule has 2 nitrogen and oxygen atoms in total. The van der Waals surface area contributed by atoms with Gasteiger partial charge in [0.2, 0.25) is 0 Å².